The summed E-state index contributed by atoms with van der Waals surface area (Å²) in [6.07, 6.45) is 8.08. The predicted molar refractivity (Wildman–Crippen MR) is 85.9 cm³/mol. The molecular weight excluding hydrogens is 282 g/mol. The fourth-order valence-corrected chi connectivity index (χ4v) is 4.66. The molecule has 3 unspecified atom stereocenters. The zero-order valence-electron chi connectivity index (χ0n) is 12.3. The molecule has 1 aliphatic carbocycles. The number of thiophene rings is 1. The van der Waals surface area contributed by atoms with Gasteiger partial charge in [0.2, 0.25) is 0 Å². The molecule has 1 aliphatic heterocycles. The number of anilines is 1. The van der Waals surface area contributed by atoms with Gasteiger partial charge in [-0.05, 0) is 38.2 Å². The molecule has 2 aliphatic rings. The van der Waals surface area contributed by atoms with Crippen LogP contribution in [0.3, 0.4) is 0 Å². The molecule has 0 amide bonds. The fraction of sp³-hybridized carbons (Fsp3) is 0.625. The number of fused-ring (bicyclic) bond motifs is 2. The Bertz CT molecular complexity index is 641. The van der Waals surface area contributed by atoms with Crippen molar-refractivity contribution in [1.29, 1.82) is 0 Å². The number of rotatable bonds is 3. The largest absolute Gasteiger partial charge is 0.378 e. The maximum Gasteiger partial charge on any atom is 0.138 e. The first-order valence-corrected chi connectivity index (χ1v) is 8.78. The zero-order valence-corrected chi connectivity index (χ0v) is 13.2. The number of ether oxygens (including phenoxy) is 1. The van der Waals surface area contributed by atoms with Gasteiger partial charge in [0.25, 0.3) is 0 Å². The monoisotopic (exact) mass is 303 g/mol. The third-order valence-corrected chi connectivity index (χ3v) is 6.02. The van der Waals surface area contributed by atoms with Crippen LogP contribution in [-0.2, 0) is 11.2 Å². The SMILES string of the molecule is CCc1cc2c(NC3CCCC4OCCC34)ncnc2s1. The first-order chi connectivity index (χ1) is 10.3. The van der Waals surface area contributed by atoms with Crippen molar-refractivity contribution in [2.45, 2.75) is 51.2 Å². The van der Waals surface area contributed by atoms with Crippen LogP contribution in [0.2, 0.25) is 0 Å². The van der Waals surface area contributed by atoms with E-state index in [-0.39, 0.29) is 0 Å². The molecule has 3 atom stereocenters. The van der Waals surface area contributed by atoms with Crippen LogP contribution in [0.15, 0.2) is 12.4 Å². The van der Waals surface area contributed by atoms with E-state index in [1.54, 1.807) is 17.7 Å². The average molecular weight is 303 g/mol. The van der Waals surface area contributed by atoms with Crippen LogP contribution in [0.5, 0.6) is 0 Å². The molecule has 0 aromatic carbocycles. The molecule has 2 aromatic rings. The van der Waals surface area contributed by atoms with Gasteiger partial charge in [0.05, 0.1) is 11.5 Å². The van der Waals surface area contributed by atoms with Gasteiger partial charge in [-0.2, -0.15) is 0 Å². The van der Waals surface area contributed by atoms with E-state index in [4.69, 9.17) is 4.74 Å². The lowest BCUT2D eigenvalue weighted by atomic mass is 9.82. The third kappa shape index (κ3) is 2.42. The van der Waals surface area contributed by atoms with Crippen LogP contribution in [0.1, 0.15) is 37.5 Å². The summed E-state index contributed by atoms with van der Waals surface area (Å²) in [6.45, 7) is 3.11. The molecule has 2 fully saturated rings. The molecule has 3 heterocycles. The van der Waals surface area contributed by atoms with E-state index in [0.717, 1.165) is 23.7 Å². The number of hydrogen-bond acceptors (Lipinski definition) is 5. The summed E-state index contributed by atoms with van der Waals surface area (Å²) in [5.41, 5.74) is 0. The van der Waals surface area contributed by atoms with E-state index < -0.39 is 0 Å². The molecule has 0 spiro atoms. The molecule has 2 aromatic heterocycles. The first-order valence-electron chi connectivity index (χ1n) is 7.96. The molecule has 0 radical (unpaired) electrons. The average Bonchev–Trinajstić information content (AvgIpc) is 3.14. The summed E-state index contributed by atoms with van der Waals surface area (Å²) in [5.74, 6) is 1.65. The normalized spacial score (nSPS) is 28.7. The van der Waals surface area contributed by atoms with Gasteiger partial charge in [0.15, 0.2) is 0 Å². The van der Waals surface area contributed by atoms with Crippen molar-refractivity contribution in [2.75, 3.05) is 11.9 Å². The van der Waals surface area contributed by atoms with Crippen molar-refractivity contribution in [3.05, 3.63) is 17.3 Å². The summed E-state index contributed by atoms with van der Waals surface area (Å²) in [6, 6.07) is 2.74. The molecule has 1 saturated heterocycles. The van der Waals surface area contributed by atoms with Gasteiger partial charge in [-0.3, -0.25) is 0 Å². The second kappa shape index (κ2) is 5.54. The molecule has 5 heteroatoms. The van der Waals surface area contributed by atoms with E-state index in [1.807, 2.05) is 0 Å². The number of aromatic nitrogens is 2. The first kappa shape index (κ1) is 13.5. The van der Waals surface area contributed by atoms with Gasteiger partial charge in [0.1, 0.15) is 17.0 Å². The minimum Gasteiger partial charge on any atom is -0.378 e. The highest BCUT2D eigenvalue weighted by Crippen LogP contribution is 2.37. The quantitative estimate of drug-likeness (QED) is 0.940. The fourth-order valence-electron chi connectivity index (χ4n) is 3.73. The Kier molecular flexibility index (Phi) is 3.55. The van der Waals surface area contributed by atoms with Gasteiger partial charge in [-0.1, -0.05) is 6.92 Å². The van der Waals surface area contributed by atoms with E-state index in [9.17, 15) is 0 Å². The Morgan fingerprint density at radius 1 is 1.33 bits per heavy atom. The van der Waals surface area contributed by atoms with Gasteiger partial charge < -0.3 is 10.1 Å². The Balaban J connectivity index is 1.62. The summed E-state index contributed by atoms with van der Waals surface area (Å²) in [4.78, 5) is 11.4. The van der Waals surface area contributed by atoms with Crippen LogP contribution < -0.4 is 5.32 Å². The van der Waals surface area contributed by atoms with E-state index >= 15 is 0 Å². The summed E-state index contributed by atoms with van der Waals surface area (Å²) >= 11 is 1.78. The van der Waals surface area contributed by atoms with Crippen LogP contribution in [0.25, 0.3) is 10.2 Å². The van der Waals surface area contributed by atoms with Gasteiger partial charge >= 0.3 is 0 Å². The van der Waals surface area contributed by atoms with Crippen molar-refractivity contribution >= 4 is 27.4 Å². The van der Waals surface area contributed by atoms with Crippen LogP contribution in [0.4, 0.5) is 5.82 Å². The minimum atomic E-state index is 0.460. The van der Waals surface area contributed by atoms with Crippen LogP contribution in [-0.4, -0.2) is 28.7 Å². The minimum absolute atomic E-state index is 0.460. The van der Waals surface area contributed by atoms with Crippen molar-refractivity contribution in [3.63, 3.8) is 0 Å². The molecular formula is C16H21N3OS. The summed E-state index contributed by atoms with van der Waals surface area (Å²) < 4.78 is 5.86. The lowest BCUT2D eigenvalue weighted by Crippen LogP contribution is -2.38. The second-order valence-corrected chi connectivity index (χ2v) is 7.17. The number of nitrogens with one attached hydrogen (secondary N) is 1. The highest BCUT2D eigenvalue weighted by atomic mass is 32.1. The Morgan fingerprint density at radius 2 is 2.29 bits per heavy atom. The molecule has 4 nitrogen and oxygen atoms in total. The Hall–Kier alpha value is -1.20. The molecule has 1 saturated carbocycles. The van der Waals surface area contributed by atoms with Crippen molar-refractivity contribution in [2.24, 2.45) is 5.92 Å². The number of nitrogens with zero attached hydrogens (tertiary/aromatic N) is 2. The lowest BCUT2D eigenvalue weighted by molar-refractivity contribution is 0.0620. The maximum atomic E-state index is 5.86. The molecule has 4 rings (SSSR count). The Labute approximate surface area is 128 Å². The van der Waals surface area contributed by atoms with Crippen molar-refractivity contribution in [3.8, 4) is 0 Å². The maximum absolute atomic E-state index is 5.86. The molecule has 1 N–H and O–H groups in total. The van der Waals surface area contributed by atoms with E-state index in [2.05, 4.69) is 28.3 Å². The van der Waals surface area contributed by atoms with Gasteiger partial charge in [0, 0.05) is 23.4 Å². The summed E-state index contributed by atoms with van der Waals surface area (Å²) in [5, 5.41) is 4.89. The van der Waals surface area contributed by atoms with Crippen LogP contribution >= 0.6 is 11.3 Å². The van der Waals surface area contributed by atoms with E-state index in [0.29, 0.717) is 18.1 Å². The standard InChI is InChI=1S/C16H21N3OS/c1-2-10-8-12-15(17-9-18-16(12)21-10)19-13-4-3-5-14-11(13)6-7-20-14/h8-9,11,13-14H,2-7H2,1H3,(H,17,18,19). The van der Waals surface area contributed by atoms with Crippen molar-refractivity contribution in [1.82, 2.24) is 9.97 Å². The van der Waals surface area contributed by atoms with Gasteiger partial charge in [-0.25, -0.2) is 9.97 Å². The summed E-state index contributed by atoms with van der Waals surface area (Å²) in [7, 11) is 0. The topological polar surface area (TPSA) is 47.0 Å². The predicted octanol–water partition coefficient (Wildman–Crippen LogP) is 3.62. The Morgan fingerprint density at radius 3 is 3.19 bits per heavy atom. The number of aryl methyl sites for hydroxylation is 1. The second-order valence-electron chi connectivity index (χ2n) is 6.05. The highest BCUT2D eigenvalue weighted by molar-refractivity contribution is 7.18. The number of hydrogen-bond donors (Lipinski definition) is 1. The zero-order chi connectivity index (χ0) is 14.2. The smallest absolute Gasteiger partial charge is 0.138 e. The van der Waals surface area contributed by atoms with Crippen LogP contribution in [0, 0.1) is 5.92 Å². The third-order valence-electron chi connectivity index (χ3n) is 4.83. The van der Waals surface area contributed by atoms with Gasteiger partial charge in [-0.15, -0.1) is 11.3 Å². The molecule has 0 bridgehead atoms. The molecule has 112 valence electrons. The van der Waals surface area contributed by atoms with E-state index in [1.165, 1.54) is 35.9 Å². The lowest BCUT2D eigenvalue weighted by Gasteiger charge is -2.33. The van der Waals surface area contributed by atoms with Crippen molar-refractivity contribution < 1.29 is 4.74 Å². The highest BCUT2D eigenvalue weighted by Gasteiger charge is 2.37. The molecule has 21 heavy (non-hydrogen) atoms.